The predicted octanol–water partition coefficient (Wildman–Crippen LogP) is 3.01. The Morgan fingerprint density at radius 3 is 2.45 bits per heavy atom. The molecule has 0 N–H and O–H groups in total. The number of hydrogen-bond donors (Lipinski definition) is 0. The molecule has 0 aliphatic carbocycles. The van der Waals surface area contributed by atoms with Crippen molar-refractivity contribution in [1.29, 1.82) is 0 Å². The third-order valence-corrected chi connectivity index (χ3v) is 3.66. The van der Waals surface area contributed by atoms with Crippen molar-refractivity contribution in [2.75, 3.05) is 20.6 Å². The largest absolute Gasteiger partial charge is 0.307 e. The molecule has 1 atom stereocenters. The van der Waals surface area contributed by atoms with Crippen LogP contribution in [0.4, 0.5) is 0 Å². The van der Waals surface area contributed by atoms with Crippen molar-refractivity contribution in [1.82, 2.24) is 4.90 Å². The molecule has 2 aromatic carbocycles. The van der Waals surface area contributed by atoms with Gasteiger partial charge in [0.1, 0.15) is 0 Å². The van der Waals surface area contributed by atoms with Crippen LogP contribution in [0.5, 0.6) is 0 Å². The first-order valence-electron chi connectivity index (χ1n) is 7.10. The van der Waals surface area contributed by atoms with E-state index in [1.54, 1.807) is 0 Å². The van der Waals surface area contributed by atoms with Gasteiger partial charge in [-0.3, -0.25) is 4.99 Å². The number of fused-ring (bicyclic) bond motifs is 1. The Kier molecular flexibility index (Phi) is 3.66. The summed E-state index contributed by atoms with van der Waals surface area (Å²) >= 11 is 0. The van der Waals surface area contributed by atoms with Crippen LogP contribution in [0.25, 0.3) is 0 Å². The lowest BCUT2D eigenvalue weighted by molar-refractivity contribution is 0.371. The molecule has 2 aromatic rings. The maximum Gasteiger partial charge on any atom is 0.0725 e. The predicted molar refractivity (Wildman–Crippen MR) is 84.6 cm³/mol. The second-order valence-electron chi connectivity index (χ2n) is 5.62. The summed E-state index contributed by atoms with van der Waals surface area (Å²) in [5.74, 6) is 0. The molecular formula is C18H20N2. The first-order valence-corrected chi connectivity index (χ1v) is 7.10. The fourth-order valence-electron chi connectivity index (χ4n) is 2.83. The van der Waals surface area contributed by atoms with Crippen molar-refractivity contribution >= 4 is 5.71 Å². The third kappa shape index (κ3) is 2.66. The van der Waals surface area contributed by atoms with Crippen LogP contribution in [0.2, 0.25) is 0 Å². The van der Waals surface area contributed by atoms with Gasteiger partial charge in [-0.25, -0.2) is 0 Å². The van der Waals surface area contributed by atoms with E-state index in [9.17, 15) is 0 Å². The molecule has 0 radical (unpaired) electrons. The van der Waals surface area contributed by atoms with Gasteiger partial charge in [0.25, 0.3) is 0 Å². The SMILES string of the molecule is CN(C)CC1Cc2ccccc2C(c2ccccc2)=N1. The van der Waals surface area contributed by atoms with E-state index >= 15 is 0 Å². The molecule has 1 heterocycles. The van der Waals surface area contributed by atoms with Crippen molar-refractivity contribution in [3.8, 4) is 0 Å². The van der Waals surface area contributed by atoms with Gasteiger partial charge in [0.15, 0.2) is 0 Å². The highest BCUT2D eigenvalue weighted by Gasteiger charge is 2.21. The van der Waals surface area contributed by atoms with Gasteiger partial charge in [-0.2, -0.15) is 0 Å². The van der Waals surface area contributed by atoms with Gasteiger partial charge >= 0.3 is 0 Å². The standard InChI is InChI=1S/C18H20N2/c1-20(2)13-16-12-15-10-6-7-11-17(15)18(19-16)14-8-4-3-5-9-14/h3-11,16H,12-13H2,1-2H3. The van der Waals surface area contributed by atoms with Crippen molar-refractivity contribution in [2.24, 2.45) is 4.99 Å². The van der Waals surface area contributed by atoms with Crippen LogP contribution < -0.4 is 0 Å². The lowest BCUT2D eigenvalue weighted by Crippen LogP contribution is -2.31. The fourth-order valence-corrected chi connectivity index (χ4v) is 2.83. The molecule has 0 fully saturated rings. The van der Waals surface area contributed by atoms with E-state index in [4.69, 9.17) is 4.99 Å². The lowest BCUT2D eigenvalue weighted by Gasteiger charge is -2.25. The number of likely N-dealkylation sites (N-methyl/N-ethyl adjacent to an activating group) is 1. The molecular weight excluding hydrogens is 244 g/mol. The van der Waals surface area contributed by atoms with Crippen LogP contribution in [-0.2, 0) is 6.42 Å². The highest BCUT2D eigenvalue weighted by Crippen LogP contribution is 2.23. The topological polar surface area (TPSA) is 15.6 Å². The Labute approximate surface area is 120 Å². The average molecular weight is 264 g/mol. The molecule has 0 bridgehead atoms. The zero-order valence-corrected chi connectivity index (χ0v) is 12.1. The van der Waals surface area contributed by atoms with Crippen LogP contribution in [-0.4, -0.2) is 37.3 Å². The summed E-state index contributed by atoms with van der Waals surface area (Å²) in [5, 5.41) is 0. The minimum Gasteiger partial charge on any atom is -0.307 e. The Balaban J connectivity index is 2.05. The van der Waals surface area contributed by atoms with Crippen molar-refractivity contribution in [3.63, 3.8) is 0 Å². The van der Waals surface area contributed by atoms with E-state index in [2.05, 4.69) is 73.6 Å². The number of nitrogens with zero attached hydrogens (tertiary/aromatic N) is 2. The van der Waals surface area contributed by atoms with Gasteiger partial charge in [0.2, 0.25) is 0 Å². The Bertz CT molecular complexity index is 614. The summed E-state index contributed by atoms with van der Waals surface area (Å²) in [7, 11) is 4.22. The molecule has 102 valence electrons. The van der Waals surface area contributed by atoms with Crippen molar-refractivity contribution in [2.45, 2.75) is 12.5 Å². The lowest BCUT2D eigenvalue weighted by atomic mass is 9.90. The molecule has 0 spiro atoms. The Hall–Kier alpha value is -1.93. The molecule has 0 saturated heterocycles. The van der Waals surface area contributed by atoms with E-state index in [0.717, 1.165) is 18.7 Å². The van der Waals surface area contributed by atoms with Crippen molar-refractivity contribution < 1.29 is 0 Å². The molecule has 1 aliphatic rings. The number of benzene rings is 2. The average Bonchev–Trinajstić information content (AvgIpc) is 2.47. The summed E-state index contributed by atoms with van der Waals surface area (Å²) in [5.41, 5.74) is 5.05. The highest BCUT2D eigenvalue weighted by atomic mass is 15.1. The van der Waals surface area contributed by atoms with Gasteiger partial charge in [0, 0.05) is 17.7 Å². The zero-order valence-electron chi connectivity index (χ0n) is 12.1. The van der Waals surface area contributed by atoms with Gasteiger partial charge in [-0.1, -0.05) is 54.6 Å². The summed E-state index contributed by atoms with van der Waals surface area (Å²) in [6, 6.07) is 19.5. The zero-order chi connectivity index (χ0) is 13.9. The molecule has 2 heteroatoms. The van der Waals surface area contributed by atoms with E-state index in [0.29, 0.717) is 6.04 Å². The molecule has 0 saturated carbocycles. The van der Waals surface area contributed by atoms with Gasteiger partial charge in [-0.15, -0.1) is 0 Å². The summed E-state index contributed by atoms with van der Waals surface area (Å²) in [6.45, 7) is 0.991. The van der Waals surface area contributed by atoms with Crippen LogP contribution in [0, 0.1) is 0 Å². The summed E-state index contributed by atoms with van der Waals surface area (Å²) < 4.78 is 0. The summed E-state index contributed by atoms with van der Waals surface area (Å²) in [6.07, 6.45) is 1.03. The van der Waals surface area contributed by atoms with E-state index < -0.39 is 0 Å². The second-order valence-corrected chi connectivity index (χ2v) is 5.62. The van der Waals surface area contributed by atoms with Gasteiger partial charge in [-0.05, 0) is 26.1 Å². The van der Waals surface area contributed by atoms with E-state index in [-0.39, 0.29) is 0 Å². The van der Waals surface area contributed by atoms with Gasteiger partial charge in [0.05, 0.1) is 11.8 Å². The van der Waals surface area contributed by atoms with Crippen molar-refractivity contribution in [3.05, 3.63) is 71.3 Å². The molecule has 0 amide bonds. The smallest absolute Gasteiger partial charge is 0.0725 e. The number of rotatable bonds is 3. The Morgan fingerprint density at radius 2 is 1.70 bits per heavy atom. The first-order chi connectivity index (χ1) is 9.74. The second kappa shape index (κ2) is 5.59. The fraction of sp³-hybridized carbons (Fsp3) is 0.278. The molecule has 3 rings (SSSR count). The molecule has 1 unspecified atom stereocenters. The third-order valence-electron chi connectivity index (χ3n) is 3.66. The quantitative estimate of drug-likeness (QED) is 0.832. The maximum absolute atomic E-state index is 5.01. The van der Waals surface area contributed by atoms with Gasteiger partial charge < -0.3 is 4.90 Å². The number of aliphatic imine (C=N–C) groups is 1. The molecule has 20 heavy (non-hydrogen) atoms. The molecule has 2 nitrogen and oxygen atoms in total. The summed E-state index contributed by atoms with van der Waals surface area (Å²) in [4.78, 5) is 7.22. The highest BCUT2D eigenvalue weighted by molar-refractivity contribution is 6.14. The molecule has 1 aliphatic heterocycles. The number of hydrogen-bond acceptors (Lipinski definition) is 2. The normalized spacial score (nSPS) is 17.8. The van der Waals surface area contributed by atoms with E-state index in [1.165, 1.54) is 16.7 Å². The first kappa shape index (κ1) is 13.1. The maximum atomic E-state index is 5.01. The van der Waals surface area contributed by atoms with Crippen LogP contribution >= 0.6 is 0 Å². The monoisotopic (exact) mass is 264 g/mol. The molecule has 0 aromatic heterocycles. The van der Waals surface area contributed by atoms with Crippen LogP contribution in [0.3, 0.4) is 0 Å². The van der Waals surface area contributed by atoms with Crippen LogP contribution in [0.1, 0.15) is 16.7 Å². The minimum absolute atomic E-state index is 0.343. The van der Waals surface area contributed by atoms with E-state index in [1.807, 2.05) is 0 Å². The minimum atomic E-state index is 0.343. The van der Waals surface area contributed by atoms with Crippen LogP contribution in [0.15, 0.2) is 59.6 Å². The Morgan fingerprint density at radius 1 is 1.00 bits per heavy atom.